The highest BCUT2D eigenvalue weighted by atomic mass is 15.2. The molecule has 0 aromatic carbocycles. The van der Waals surface area contributed by atoms with Crippen molar-refractivity contribution in [2.45, 2.75) is 44.7 Å². The summed E-state index contributed by atoms with van der Waals surface area (Å²) < 4.78 is 0. The van der Waals surface area contributed by atoms with E-state index in [2.05, 4.69) is 17.1 Å². The monoisotopic (exact) mass is 168 g/mol. The second-order valence-corrected chi connectivity index (χ2v) is 4.14. The first-order valence-electron chi connectivity index (χ1n) is 5.37. The van der Waals surface area contributed by atoms with Crippen LogP contribution >= 0.6 is 0 Å². The van der Waals surface area contributed by atoms with Crippen molar-refractivity contribution in [1.82, 2.24) is 10.2 Å². The van der Waals surface area contributed by atoms with Crippen molar-refractivity contribution in [3.8, 4) is 0 Å². The molecule has 12 heavy (non-hydrogen) atoms. The summed E-state index contributed by atoms with van der Waals surface area (Å²) in [6, 6.07) is 1.67. The molecule has 2 nitrogen and oxygen atoms in total. The van der Waals surface area contributed by atoms with E-state index in [4.69, 9.17) is 0 Å². The molecule has 2 rings (SSSR count). The summed E-state index contributed by atoms with van der Waals surface area (Å²) in [5.74, 6) is 0. The summed E-state index contributed by atoms with van der Waals surface area (Å²) in [5, 5.41) is 3.62. The Kier molecular flexibility index (Phi) is 2.66. The summed E-state index contributed by atoms with van der Waals surface area (Å²) >= 11 is 0. The van der Waals surface area contributed by atoms with E-state index < -0.39 is 0 Å². The lowest BCUT2D eigenvalue weighted by Crippen LogP contribution is -2.37. The summed E-state index contributed by atoms with van der Waals surface area (Å²) in [7, 11) is 0. The first-order valence-corrected chi connectivity index (χ1v) is 5.37. The Balaban J connectivity index is 1.94. The van der Waals surface area contributed by atoms with Crippen LogP contribution in [0.2, 0.25) is 0 Å². The molecule has 1 N–H and O–H groups in total. The molecule has 0 aromatic rings. The third-order valence-corrected chi connectivity index (χ3v) is 3.36. The van der Waals surface area contributed by atoms with Crippen LogP contribution in [-0.4, -0.2) is 36.6 Å². The number of nitrogens with zero attached hydrogens (tertiary/aromatic N) is 1. The average molecular weight is 168 g/mol. The maximum Gasteiger partial charge on any atom is 0.0192 e. The zero-order valence-electron chi connectivity index (χ0n) is 8.05. The third kappa shape index (κ3) is 1.64. The van der Waals surface area contributed by atoms with Crippen molar-refractivity contribution in [1.29, 1.82) is 0 Å². The lowest BCUT2D eigenvalue weighted by atomic mass is 10.1. The third-order valence-electron chi connectivity index (χ3n) is 3.36. The molecule has 1 unspecified atom stereocenters. The Bertz CT molecular complexity index is 147. The second kappa shape index (κ2) is 3.75. The summed E-state index contributed by atoms with van der Waals surface area (Å²) in [4.78, 5) is 2.69. The molecule has 0 saturated carbocycles. The van der Waals surface area contributed by atoms with Gasteiger partial charge in [-0.1, -0.05) is 6.92 Å². The SMILES string of the molecule is CC[C@H]1CN2CCCC2CCN1. The predicted octanol–water partition coefficient (Wildman–Crippen LogP) is 1.22. The van der Waals surface area contributed by atoms with Crippen LogP contribution in [0, 0.1) is 0 Å². The zero-order chi connectivity index (χ0) is 8.39. The van der Waals surface area contributed by atoms with Crippen LogP contribution < -0.4 is 5.32 Å². The van der Waals surface area contributed by atoms with E-state index in [9.17, 15) is 0 Å². The Morgan fingerprint density at radius 2 is 2.33 bits per heavy atom. The first kappa shape index (κ1) is 8.52. The molecule has 2 atom stereocenters. The van der Waals surface area contributed by atoms with Gasteiger partial charge in [0.25, 0.3) is 0 Å². The number of fused-ring (bicyclic) bond motifs is 1. The molecular weight excluding hydrogens is 148 g/mol. The fourth-order valence-electron chi connectivity index (χ4n) is 2.54. The fraction of sp³-hybridized carbons (Fsp3) is 1.00. The van der Waals surface area contributed by atoms with Crippen LogP contribution in [0.3, 0.4) is 0 Å². The molecule has 0 bridgehead atoms. The van der Waals surface area contributed by atoms with E-state index in [1.807, 2.05) is 0 Å². The average Bonchev–Trinajstić information content (AvgIpc) is 2.43. The first-order chi connectivity index (χ1) is 5.90. The largest absolute Gasteiger partial charge is 0.313 e. The van der Waals surface area contributed by atoms with Crippen molar-refractivity contribution < 1.29 is 0 Å². The minimum atomic E-state index is 0.757. The minimum Gasteiger partial charge on any atom is -0.313 e. The smallest absolute Gasteiger partial charge is 0.0192 e. The maximum atomic E-state index is 3.62. The van der Waals surface area contributed by atoms with Crippen LogP contribution in [0.5, 0.6) is 0 Å². The Morgan fingerprint density at radius 3 is 3.17 bits per heavy atom. The van der Waals surface area contributed by atoms with Crippen molar-refractivity contribution in [3.05, 3.63) is 0 Å². The Labute approximate surface area is 75.3 Å². The highest BCUT2D eigenvalue weighted by Gasteiger charge is 2.28. The number of rotatable bonds is 1. The van der Waals surface area contributed by atoms with E-state index in [1.54, 1.807) is 0 Å². The zero-order valence-corrected chi connectivity index (χ0v) is 8.05. The van der Waals surface area contributed by atoms with E-state index in [-0.39, 0.29) is 0 Å². The molecule has 0 aromatic heterocycles. The fourth-order valence-corrected chi connectivity index (χ4v) is 2.54. The minimum absolute atomic E-state index is 0.757. The van der Waals surface area contributed by atoms with Crippen molar-refractivity contribution in [2.75, 3.05) is 19.6 Å². The van der Waals surface area contributed by atoms with Gasteiger partial charge in [-0.15, -0.1) is 0 Å². The summed E-state index contributed by atoms with van der Waals surface area (Å²) in [5.41, 5.74) is 0. The molecular formula is C10H20N2. The number of hydrogen-bond donors (Lipinski definition) is 1. The van der Waals surface area contributed by atoms with Crippen LogP contribution in [0.1, 0.15) is 32.6 Å². The van der Waals surface area contributed by atoms with Crippen LogP contribution in [0.25, 0.3) is 0 Å². The van der Waals surface area contributed by atoms with E-state index in [0.717, 1.165) is 12.1 Å². The molecule has 0 radical (unpaired) electrons. The predicted molar refractivity (Wildman–Crippen MR) is 51.3 cm³/mol. The van der Waals surface area contributed by atoms with Gasteiger partial charge in [0.1, 0.15) is 0 Å². The van der Waals surface area contributed by atoms with Crippen LogP contribution in [-0.2, 0) is 0 Å². The molecule has 2 saturated heterocycles. The normalized spacial score (nSPS) is 37.8. The Morgan fingerprint density at radius 1 is 1.42 bits per heavy atom. The number of hydrogen-bond acceptors (Lipinski definition) is 2. The van der Waals surface area contributed by atoms with Crippen molar-refractivity contribution in [2.24, 2.45) is 0 Å². The molecule has 70 valence electrons. The number of nitrogens with one attached hydrogen (secondary N) is 1. The van der Waals surface area contributed by atoms with Gasteiger partial charge >= 0.3 is 0 Å². The standard InChI is InChI=1S/C10H20N2/c1-2-9-8-12-7-3-4-10(12)5-6-11-9/h9-11H,2-8H2,1H3/t9-,10?/m0/s1. The van der Waals surface area contributed by atoms with Crippen LogP contribution in [0.4, 0.5) is 0 Å². The van der Waals surface area contributed by atoms with Gasteiger partial charge in [-0.2, -0.15) is 0 Å². The van der Waals surface area contributed by atoms with Gasteiger partial charge in [-0.25, -0.2) is 0 Å². The summed E-state index contributed by atoms with van der Waals surface area (Å²) in [6.45, 7) is 6.16. The van der Waals surface area contributed by atoms with Crippen molar-refractivity contribution in [3.63, 3.8) is 0 Å². The summed E-state index contributed by atoms with van der Waals surface area (Å²) in [6.07, 6.45) is 5.53. The molecule has 0 aliphatic carbocycles. The molecule has 2 aliphatic heterocycles. The highest BCUT2D eigenvalue weighted by Crippen LogP contribution is 2.22. The topological polar surface area (TPSA) is 15.3 Å². The molecule has 2 aliphatic rings. The lowest BCUT2D eigenvalue weighted by Gasteiger charge is -2.23. The van der Waals surface area contributed by atoms with E-state index in [0.29, 0.717) is 0 Å². The van der Waals surface area contributed by atoms with E-state index >= 15 is 0 Å². The molecule has 2 heteroatoms. The van der Waals surface area contributed by atoms with Crippen molar-refractivity contribution >= 4 is 0 Å². The van der Waals surface area contributed by atoms with Gasteiger partial charge in [-0.05, 0) is 38.8 Å². The van der Waals surface area contributed by atoms with Gasteiger partial charge in [-0.3, -0.25) is 4.90 Å². The van der Waals surface area contributed by atoms with E-state index in [1.165, 1.54) is 45.3 Å². The van der Waals surface area contributed by atoms with Gasteiger partial charge < -0.3 is 5.32 Å². The lowest BCUT2D eigenvalue weighted by molar-refractivity contribution is 0.246. The van der Waals surface area contributed by atoms with Gasteiger partial charge in [0, 0.05) is 18.6 Å². The quantitative estimate of drug-likeness (QED) is 0.633. The molecule has 0 amide bonds. The molecule has 2 fully saturated rings. The highest BCUT2D eigenvalue weighted by molar-refractivity contribution is 4.86. The van der Waals surface area contributed by atoms with Crippen LogP contribution in [0.15, 0.2) is 0 Å². The maximum absolute atomic E-state index is 3.62. The van der Waals surface area contributed by atoms with Gasteiger partial charge in [0.05, 0.1) is 0 Å². The second-order valence-electron chi connectivity index (χ2n) is 4.14. The molecule has 0 spiro atoms. The molecule has 2 heterocycles. The van der Waals surface area contributed by atoms with Gasteiger partial charge in [0.2, 0.25) is 0 Å². The Hall–Kier alpha value is -0.0800. The van der Waals surface area contributed by atoms with Gasteiger partial charge in [0.15, 0.2) is 0 Å².